The number of para-hydroxylation sites is 1. The maximum Gasteiger partial charge on any atom is 0.419 e. The third kappa shape index (κ3) is 9.64. The van der Waals surface area contributed by atoms with Crippen LogP contribution in [0.25, 0.3) is 10.9 Å². The predicted octanol–water partition coefficient (Wildman–Crippen LogP) is 2.09. The number of hydrogen-bond donors (Lipinski definition) is 5. The van der Waals surface area contributed by atoms with Crippen molar-refractivity contribution in [3.8, 4) is 0 Å². The van der Waals surface area contributed by atoms with Gasteiger partial charge in [-0.25, -0.2) is 4.79 Å². The summed E-state index contributed by atoms with van der Waals surface area (Å²) in [5.74, 6) is -5.34. The first-order valence-electron chi connectivity index (χ1n) is 17.4. The second kappa shape index (κ2) is 15.9. The number of hydrogen-bond acceptors (Lipinski definition) is 8. The molecule has 278 valence electrons. The number of benzene rings is 1. The normalized spacial score (nSPS) is 24.0. The maximum absolute atomic E-state index is 14.1. The van der Waals surface area contributed by atoms with Crippen LogP contribution in [0.1, 0.15) is 79.7 Å². The molecule has 3 heterocycles. The third-order valence-electron chi connectivity index (χ3n) is 8.86. The van der Waals surface area contributed by atoms with Gasteiger partial charge in [-0.15, -0.1) is 0 Å². The smallest absolute Gasteiger partial charge is 0.419 e. The van der Waals surface area contributed by atoms with Gasteiger partial charge in [0.05, 0.1) is 11.9 Å². The molecule has 15 heteroatoms. The van der Waals surface area contributed by atoms with Crippen LogP contribution in [-0.4, -0.2) is 98.5 Å². The van der Waals surface area contributed by atoms with Gasteiger partial charge >= 0.3 is 12.1 Å². The van der Waals surface area contributed by atoms with Gasteiger partial charge in [-0.3, -0.25) is 33.3 Å². The standard InChI is InChI=1S/C36H50N6O9/c1-19(2)15-23-30(45)37-24(16-21-18-42(35(50)51-36(5,6)7)26-12-9-8-11-22(21)26)31(46)39-25(17-28(43)44)34(49)41-14-10-13-27(41)32(47)40-29(20(3)4)33(48)38-23/h8-9,11-12,18-20,23-25,27,29H,10,13-17H2,1-7H3,(H,37,45)(H,38,48)(H,39,46)(H,40,47)(H,43,44)/t23-,24+,25+,27-,29+/m0/s1. The van der Waals surface area contributed by atoms with Crippen molar-refractivity contribution in [2.24, 2.45) is 11.8 Å². The maximum atomic E-state index is 14.1. The monoisotopic (exact) mass is 710 g/mol. The number of nitrogens with zero attached hydrogens (tertiary/aromatic N) is 2. The zero-order valence-corrected chi connectivity index (χ0v) is 30.3. The first-order valence-corrected chi connectivity index (χ1v) is 17.4. The van der Waals surface area contributed by atoms with Gasteiger partial charge in [0.1, 0.15) is 35.8 Å². The molecule has 5 amide bonds. The molecule has 0 saturated carbocycles. The van der Waals surface area contributed by atoms with E-state index in [9.17, 15) is 38.7 Å². The highest BCUT2D eigenvalue weighted by Gasteiger charge is 2.41. The van der Waals surface area contributed by atoms with Gasteiger partial charge in [0, 0.05) is 24.5 Å². The zero-order chi connectivity index (χ0) is 37.8. The van der Waals surface area contributed by atoms with E-state index in [1.807, 2.05) is 13.8 Å². The number of carboxylic acids is 1. The molecule has 51 heavy (non-hydrogen) atoms. The highest BCUT2D eigenvalue weighted by molar-refractivity contribution is 5.99. The number of nitrogens with one attached hydrogen (secondary N) is 4. The van der Waals surface area contributed by atoms with Crippen molar-refractivity contribution >= 4 is 52.5 Å². The van der Waals surface area contributed by atoms with Crippen LogP contribution in [0.4, 0.5) is 4.79 Å². The van der Waals surface area contributed by atoms with Crippen molar-refractivity contribution in [3.63, 3.8) is 0 Å². The van der Waals surface area contributed by atoms with Gasteiger partial charge in [0.25, 0.3) is 0 Å². The summed E-state index contributed by atoms with van der Waals surface area (Å²) in [5, 5.41) is 21.1. The minimum atomic E-state index is -1.57. The van der Waals surface area contributed by atoms with Gasteiger partial charge in [-0.2, -0.15) is 0 Å². The van der Waals surface area contributed by atoms with Crippen LogP contribution in [0.3, 0.4) is 0 Å². The number of ether oxygens (including phenoxy) is 1. The first kappa shape index (κ1) is 38.8. The molecule has 2 aliphatic rings. The van der Waals surface area contributed by atoms with Crippen LogP contribution in [0.2, 0.25) is 0 Å². The topological polar surface area (TPSA) is 205 Å². The highest BCUT2D eigenvalue weighted by atomic mass is 16.6. The summed E-state index contributed by atoms with van der Waals surface area (Å²) in [7, 11) is 0. The molecule has 0 radical (unpaired) electrons. The van der Waals surface area contributed by atoms with E-state index in [1.165, 1.54) is 15.7 Å². The number of amides is 5. The molecule has 0 bridgehead atoms. The van der Waals surface area contributed by atoms with Gasteiger partial charge in [0.15, 0.2) is 0 Å². The van der Waals surface area contributed by atoms with Gasteiger partial charge in [0.2, 0.25) is 29.5 Å². The Morgan fingerprint density at radius 1 is 0.882 bits per heavy atom. The second-order valence-corrected chi connectivity index (χ2v) is 15.1. The number of carbonyl (C=O) groups is 7. The van der Waals surface area contributed by atoms with Crippen molar-refractivity contribution in [2.45, 2.75) is 116 Å². The molecule has 0 spiro atoms. The van der Waals surface area contributed by atoms with Crippen LogP contribution in [-0.2, 0) is 39.9 Å². The molecule has 1 aromatic heterocycles. The van der Waals surface area contributed by atoms with Gasteiger partial charge < -0.3 is 36.0 Å². The summed E-state index contributed by atoms with van der Waals surface area (Å²) in [6, 6.07) is 0.845. The van der Waals surface area contributed by atoms with Crippen LogP contribution in [0, 0.1) is 11.8 Å². The molecule has 0 aliphatic carbocycles. The fourth-order valence-corrected chi connectivity index (χ4v) is 6.48. The van der Waals surface area contributed by atoms with E-state index in [0.29, 0.717) is 22.9 Å². The van der Waals surface area contributed by atoms with E-state index in [4.69, 9.17) is 4.74 Å². The van der Waals surface area contributed by atoms with E-state index >= 15 is 0 Å². The minimum Gasteiger partial charge on any atom is -0.481 e. The molecule has 2 fully saturated rings. The third-order valence-corrected chi connectivity index (χ3v) is 8.86. The Bertz CT molecular complexity index is 1680. The number of carbonyl (C=O) groups excluding carboxylic acids is 6. The predicted molar refractivity (Wildman–Crippen MR) is 186 cm³/mol. The number of rotatable bonds is 7. The van der Waals surface area contributed by atoms with Crippen LogP contribution < -0.4 is 21.3 Å². The lowest BCUT2D eigenvalue weighted by Crippen LogP contribution is -2.59. The average molecular weight is 711 g/mol. The lowest BCUT2D eigenvalue weighted by atomic mass is 9.98. The molecule has 15 nitrogen and oxygen atoms in total. The number of carboxylic acid groups (broad SMARTS) is 1. The fourth-order valence-electron chi connectivity index (χ4n) is 6.48. The Hall–Kier alpha value is -4.95. The quantitative estimate of drug-likeness (QED) is 0.285. The highest BCUT2D eigenvalue weighted by Crippen LogP contribution is 2.25. The van der Waals surface area contributed by atoms with E-state index < -0.39 is 89.7 Å². The fraction of sp³-hybridized carbons (Fsp3) is 0.583. The largest absolute Gasteiger partial charge is 0.481 e. The molecular weight excluding hydrogens is 660 g/mol. The van der Waals surface area contributed by atoms with Crippen molar-refractivity contribution in [2.75, 3.05) is 6.54 Å². The van der Waals surface area contributed by atoms with Crippen LogP contribution in [0.5, 0.6) is 0 Å². The van der Waals surface area contributed by atoms with E-state index in [0.717, 1.165) is 0 Å². The number of aliphatic carboxylic acids is 1. The van der Waals surface area contributed by atoms with Gasteiger partial charge in [-0.1, -0.05) is 45.9 Å². The molecule has 0 unspecified atom stereocenters. The Balaban J connectivity index is 1.81. The van der Waals surface area contributed by atoms with Crippen molar-refractivity contribution in [1.29, 1.82) is 0 Å². The van der Waals surface area contributed by atoms with Gasteiger partial charge in [-0.05, 0) is 63.5 Å². The summed E-state index contributed by atoms with van der Waals surface area (Å²) in [6.07, 6.45) is 0.823. The Labute approximate surface area is 297 Å². The molecule has 4 rings (SSSR count). The van der Waals surface area contributed by atoms with E-state index in [2.05, 4.69) is 21.3 Å². The minimum absolute atomic E-state index is 0.0704. The summed E-state index contributed by atoms with van der Waals surface area (Å²) in [5.41, 5.74) is 0.173. The van der Waals surface area contributed by atoms with E-state index in [1.54, 1.807) is 58.9 Å². The van der Waals surface area contributed by atoms with Crippen LogP contribution in [0.15, 0.2) is 30.5 Å². The Morgan fingerprint density at radius 2 is 1.51 bits per heavy atom. The lowest BCUT2D eigenvalue weighted by molar-refractivity contribution is -0.146. The summed E-state index contributed by atoms with van der Waals surface area (Å²) < 4.78 is 6.91. The molecule has 2 saturated heterocycles. The summed E-state index contributed by atoms with van der Waals surface area (Å²) in [6.45, 7) is 12.5. The molecule has 2 aromatic rings. The second-order valence-electron chi connectivity index (χ2n) is 15.1. The average Bonchev–Trinajstić information content (AvgIpc) is 3.66. The molecule has 1 aromatic carbocycles. The van der Waals surface area contributed by atoms with E-state index in [-0.39, 0.29) is 31.7 Å². The molecular formula is C36H50N6O9. The van der Waals surface area contributed by atoms with Crippen molar-refractivity contribution < 1.29 is 43.4 Å². The van der Waals surface area contributed by atoms with Crippen LogP contribution >= 0.6 is 0 Å². The molecule has 2 aliphatic heterocycles. The first-order chi connectivity index (χ1) is 23.9. The lowest BCUT2D eigenvalue weighted by Gasteiger charge is -2.30. The van der Waals surface area contributed by atoms with Crippen molar-refractivity contribution in [3.05, 3.63) is 36.0 Å². The number of fused-ring (bicyclic) bond motifs is 2. The molecule has 5 atom stereocenters. The zero-order valence-electron chi connectivity index (χ0n) is 30.3. The van der Waals surface area contributed by atoms with Crippen molar-refractivity contribution in [1.82, 2.24) is 30.7 Å². The SMILES string of the molecule is CC(C)C[C@@H]1NC(=O)[C@@H](C(C)C)NC(=O)[C@@H]2CCCN2C(=O)[C@@H](CC(=O)O)NC(=O)[C@@H](Cc2cn(C(=O)OC(C)(C)C)c3ccccc23)NC1=O. The molecule has 5 N–H and O–H groups in total. The Morgan fingerprint density at radius 3 is 2.14 bits per heavy atom. The summed E-state index contributed by atoms with van der Waals surface area (Å²) in [4.78, 5) is 95.7. The summed E-state index contributed by atoms with van der Waals surface area (Å²) >= 11 is 0. The number of aromatic nitrogens is 1. The Kier molecular flexibility index (Phi) is 12.1.